The predicted octanol–water partition coefficient (Wildman–Crippen LogP) is 3.17. The lowest BCUT2D eigenvalue weighted by Crippen LogP contribution is -1.97. The van der Waals surface area contributed by atoms with Gasteiger partial charge in [-0.15, -0.1) is 11.3 Å². The Morgan fingerprint density at radius 2 is 2.35 bits per heavy atom. The van der Waals surface area contributed by atoms with Crippen LogP contribution in [0.25, 0.3) is 10.2 Å². The summed E-state index contributed by atoms with van der Waals surface area (Å²) < 4.78 is 5.59. The first-order chi connectivity index (χ1) is 9.66. The van der Waals surface area contributed by atoms with Crippen LogP contribution in [0.15, 0.2) is 11.4 Å². The number of nitrogens with zero attached hydrogens (tertiary/aromatic N) is 2. The highest BCUT2D eigenvalue weighted by Gasteiger charge is 2.22. The minimum absolute atomic E-state index is 0.334. The first-order valence-corrected chi connectivity index (χ1v) is 8.15. The average molecular weight is 310 g/mol. The molecule has 2 aromatic rings. The van der Waals surface area contributed by atoms with Crippen molar-refractivity contribution in [1.82, 2.24) is 9.97 Å². The molecular formula is C13H14N2O3S2. The summed E-state index contributed by atoms with van der Waals surface area (Å²) >= 11 is 2.69. The summed E-state index contributed by atoms with van der Waals surface area (Å²) in [5, 5.41) is 10.8. The van der Waals surface area contributed by atoms with Gasteiger partial charge in [0.05, 0.1) is 12.5 Å². The van der Waals surface area contributed by atoms with Crippen LogP contribution in [-0.4, -0.2) is 33.6 Å². The molecule has 106 valence electrons. The van der Waals surface area contributed by atoms with Crippen molar-refractivity contribution in [2.24, 2.45) is 5.92 Å². The van der Waals surface area contributed by atoms with Crippen molar-refractivity contribution in [2.45, 2.75) is 24.8 Å². The van der Waals surface area contributed by atoms with Crippen molar-refractivity contribution in [3.05, 3.63) is 16.8 Å². The van der Waals surface area contributed by atoms with Crippen molar-refractivity contribution < 1.29 is 14.6 Å². The van der Waals surface area contributed by atoms with Gasteiger partial charge in [0.2, 0.25) is 0 Å². The van der Waals surface area contributed by atoms with Crippen molar-refractivity contribution in [3.8, 4) is 0 Å². The number of carbonyl (C=O) groups is 1. The van der Waals surface area contributed by atoms with E-state index in [0.29, 0.717) is 10.8 Å². The Bertz CT molecular complexity index is 652. The zero-order valence-electron chi connectivity index (χ0n) is 11.0. The van der Waals surface area contributed by atoms with Gasteiger partial charge in [-0.1, -0.05) is 11.8 Å². The van der Waals surface area contributed by atoms with E-state index in [1.54, 1.807) is 6.92 Å². The van der Waals surface area contributed by atoms with Crippen LogP contribution in [0, 0.1) is 12.8 Å². The Kier molecular flexibility index (Phi) is 3.91. The van der Waals surface area contributed by atoms with Crippen molar-refractivity contribution in [3.63, 3.8) is 0 Å². The van der Waals surface area contributed by atoms with Crippen LogP contribution in [0.2, 0.25) is 0 Å². The van der Waals surface area contributed by atoms with E-state index < -0.39 is 5.97 Å². The zero-order valence-corrected chi connectivity index (χ0v) is 12.6. The Morgan fingerprint density at radius 1 is 1.55 bits per heavy atom. The smallest absolute Gasteiger partial charge is 0.346 e. The fourth-order valence-corrected chi connectivity index (χ4v) is 3.81. The molecule has 1 aliphatic carbocycles. The summed E-state index contributed by atoms with van der Waals surface area (Å²) in [6.45, 7) is 2.62. The molecule has 1 fully saturated rings. The van der Waals surface area contributed by atoms with E-state index in [-0.39, 0.29) is 0 Å². The van der Waals surface area contributed by atoms with Gasteiger partial charge in [0, 0.05) is 5.39 Å². The summed E-state index contributed by atoms with van der Waals surface area (Å²) in [7, 11) is 0. The molecule has 7 heteroatoms. The first-order valence-electron chi connectivity index (χ1n) is 6.34. The van der Waals surface area contributed by atoms with Crippen LogP contribution >= 0.6 is 23.1 Å². The summed E-state index contributed by atoms with van der Waals surface area (Å²) in [6.07, 6.45) is 4.02. The van der Waals surface area contributed by atoms with E-state index >= 15 is 0 Å². The maximum Gasteiger partial charge on any atom is 0.346 e. The summed E-state index contributed by atoms with van der Waals surface area (Å²) in [5.74, 6) is 0.370. The predicted molar refractivity (Wildman–Crippen MR) is 78.5 cm³/mol. The van der Waals surface area contributed by atoms with Gasteiger partial charge >= 0.3 is 5.97 Å². The number of carboxylic acid groups (broad SMARTS) is 1. The maximum absolute atomic E-state index is 11.2. The molecule has 0 unspecified atom stereocenters. The molecule has 1 aliphatic rings. The second-order valence-corrected chi connectivity index (χ2v) is 6.71. The Labute approximate surface area is 124 Å². The molecule has 0 spiro atoms. The number of rotatable bonds is 6. The molecule has 0 amide bonds. The molecule has 1 N–H and O–H groups in total. The molecule has 1 saturated carbocycles. The Hall–Kier alpha value is -1.18. The summed E-state index contributed by atoms with van der Waals surface area (Å²) in [5.41, 5.74) is 0.739. The third-order valence-electron chi connectivity index (χ3n) is 3.22. The number of ether oxygens (including phenoxy) is 1. The number of thioether (sulfide) groups is 1. The molecule has 20 heavy (non-hydrogen) atoms. The number of hydrogen-bond acceptors (Lipinski definition) is 6. The molecular weight excluding hydrogens is 296 g/mol. The van der Waals surface area contributed by atoms with Crippen molar-refractivity contribution in [1.29, 1.82) is 0 Å². The maximum atomic E-state index is 11.2. The fourth-order valence-electron chi connectivity index (χ4n) is 1.95. The van der Waals surface area contributed by atoms with Crippen LogP contribution in [0.1, 0.15) is 28.1 Å². The molecule has 0 saturated heterocycles. The molecule has 0 atom stereocenters. The van der Waals surface area contributed by atoms with E-state index in [4.69, 9.17) is 4.74 Å². The number of aryl methyl sites for hydroxylation is 1. The lowest BCUT2D eigenvalue weighted by molar-refractivity contribution is 0.0701. The zero-order chi connectivity index (χ0) is 14.1. The highest BCUT2D eigenvalue weighted by atomic mass is 32.2. The molecule has 0 bridgehead atoms. The lowest BCUT2D eigenvalue weighted by atomic mass is 10.2. The van der Waals surface area contributed by atoms with E-state index in [1.807, 2.05) is 0 Å². The van der Waals surface area contributed by atoms with E-state index in [1.165, 1.54) is 42.3 Å². The molecule has 5 nitrogen and oxygen atoms in total. The highest BCUT2D eigenvalue weighted by molar-refractivity contribution is 7.99. The minimum atomic E-state index is -0.911. The van der Waals surface area contributed by atoms with Gasteiger partial charge in [-0.3, -0.25) is 0 Å². The van der Waals surface area contributed by atoms with Crippen LogP contribution < -0.4 is 0 Å². The SMILES string of the molecule is Cc1c(C(=O)O)sc2ncnc(SCOCC3CC3)c12. The first kappa shape index (κ1) is 13.8. The van der Waals surface area contributed by atoms with Crippen molar-refractivity contribution >= 4 is 39.3 Å². The van der Waals surface area contributed by atoms with Gasteiger partial charge in [-0.2, -0.15) is 0 Å². The molecule has 0 aliphatic heterocycles. The molecule has 2 aromatic heterocycles. The molecule has 0 aromatic carbocycles. The van der Waals surface area contributed by atoms with Gasteiger partial charge in [0.1, 0.15) is 21.1 Å². The van der Waals surface area contributed by atoms with Gasteiger partial charge < -0.3 is 9.84 Å². The summed E-state index contributed by atoms with van der Waals surface area (Å²) in [4.78, 5) is 20.7. The number of aromatic carboxylic acids is 1. The van der Waals surface area contributed by atoms with Crippen LogP contribution in [0.4, 0.5) is 0 Å². The number of hydrogen-bond donors (Lipinski definition) is 1. The van der Waals surface area contributed by atoms with E-state index in [9.17, 15) is 9.90 Å². The largest absolute Gasteiger partial charge is 0.477 e. The topological polar surface area (TPSA) is 72.3 Å². The monoisotopic (exact) mass is 310 g/mol. The molecule has 2 heterocycles. The highest BCUT2D eigenvalue weighted by Crippen LogP contribution is 2.35. The van der Waals surface area contributed by atoms with Gasteiger partial charge in [0.15, 0.2) is 0 Å². The van der Waals surface area contributed by atoms with Crippen LogP contribution in [-0.2, 0) is 4.74 Å². The van der Waals surface area contributed by atoms with Crippen LogP contribution in [0.3, 0.4) is 0 Å². The van der Waals surface area contributed by atoms with E-state index in [2.05, 4.69) is 9.97 Å². The third-order valence-corrected chi connectivity index (χ3v) is 5.27. The number of carboxylic acids is 1. The van der Waals surface area contributed by atoms with E-state index in [0.717, 1.165) is 33.3 Å². The normalized spacial score (nSPS) is 14.8. The lowest BCUT2D eigenvalue weighted by Gasteiger charge is -2.04. The molecule has 0 radical (unpaired) electrons. The Morgan fingerprint density at radius 3 is 3.05 bits per heavy atom. The second-order valence-electron chi connectivity index (χ2n) is 4.80. The average Bonchev–Trinajstić information content (AvgIpc) is 3.18. The second kappa shape index (κ2) is 5.67. The summed E-state index contributed by atoms with van der Waals surface area (Å²) in [6, 6.07) is 0. The number of fused-ring (bicyclic) bond motifs is 1. The van der Waals surface area contributed by atoms with Gasteiger partial charge in [-0.25, -0.2) is 14.8 Å². The van der Waals surface area contributed by atoms with Gasteiger partial charge in [-0.05, 0) is 31.2 Å². The molecule has 3 rings (SSSR count). The number of thiophene rings is 1. The minimum Gasteiger partial charge on any atom is -0.477 e. The fraction of sp³-hybridized carbons (Fsp3) is 0.462. The third kappa shape index (κ3) is 2.79. The van der Waals surface area contributed by atoms with Crippen LogP contribution in [0.5, 0.6) is 0 Å². The quantitative estimate of drug-likeness (QED) is 0.382. The Balaban J connectivity index is 1.80. The van der Waals surface area contributed by atoms with Gasteiger partial charge in [0.25, 0.3) is 0 Å². The number of aromatic nitrogens is 2. The van der Waals surface area contributed by atoms with Crippen molar-refractivity contribution in [2.75, 3.05) is 12.5 Å². The standard InChI is InChI=1S/C13H14N2O3S2/c1-7-9-11(19-6-18-4-8-2-3-8)14-5-15-12(9)20-10(7)13(16)17/h5,8H,2-4,6H2,1H3,(H,16,17).